The highest BCUT2D eigenvalue weighted by atomic mass is 14.6. The molecule has 0 bridgehead atoms. The summed E-state index contributed by atoms with van der Waals surface area (Å²) in [6, 6.07) is 26.8. The molecule has 1 unspecified atom stereocenters. The summed E-state index contributed by atoms with van der Waals surface area (Å²) in [6.45, 7) is 0. The van der Waals surface area contributed by atoms with Gasteiger partial charge >= 0.3 is 0 Å². The Bertz CT molecular complexity index is 1340. The summed E-state index contributed by atoms with van der Waals surface area (Å²) < 4.78 is 0. The Labute approximate surface area is 164 Å². The van der Waals surface area contributed by atoms with Crippen molar-refractivity contribution in [1.82, 2.24) is 4.98 Å². The zero-order chi connectivity index (χ0) is 18.5. The molecule has 1 aliphatic carbocycles. The molecule has 0 fully saturated rings. The van der Waals surface area contributed by atoms with E-state index in [9.17, 15) is 0 Å². The highest BCUT2D eigenvalue weighted by Crippen LogP contribution is 2.42. The third kappa shape index (κ3) is 2.29. The van der Waals surface area contributed by atoms with Crippen LogP contribution in [0.4, 0.5) is 0 Å². The molecule has 1 nitrogen and oxygen atoms in total. The Morgan fingerprint density at radius 3 is 2.64 bits per heavy atom. The van der Waals surface area contributed by atoms with Gasteiger partial charge in [-0.15, -0.1) is 0 Å². The molecule has 0 saturated carbocycles. The van der Waals surface area contributed by atoms with Crippen molar-refractivity contribution in [2.75, 3.05) is 0 Å². The molecule has 1 heterocycles. The van der Waals surface area contributed by atoms with Gasteiger partial charge in [-0.1, -0.05) is 66.7 Å². The maximum atomic E-state index is 4.19. The van der Waals surface area contributed by atoms with Crippen molar-refractivity contribution < 1.29 is 0 Å². The Kier molecular flexibility index (Phi) is 3.49. The minimum absolute atomic E-state index is 0.444. The highest BCUT2D eigenvalue weighted by molar-refractivity contribution is 6.08. The molecule has 4 aromatic carbocycles. The van der Waals surface area contributed by atoms with E-state index < -0.39 is 0 Å². The Morgan fingerprint density at radius 1 is 0.714 bits per heavy atom. The van der Waals surface area contributed by atoms with E-state index in [1.807, 2.05) is 6.20 Å². The summed E-state index contributed by atoms with van der Waals surface area (Å²) >= 11 is 0. The monoisotopic (exact) mass is 358 g/mol. The molecule has 28 heavy (non-hydrogen) atoms. The molecule has 6 rings (SSSR count). The number of aromatic nitrogens is 1. The number of pyridine rings is 1. The van der Waals surface area contributed by atoms with Crippen molar-refractivity contribution in [3.8, 4) is 0 Å². The van der Waals surface area contributed by atoms with E-state index in [1.165, 1.54) is 62.9 Å². The molecular formula is C27H20N. The van der Waals surface area contributed by atoms with Crippen LogP contribution in [-0.2, 0) is 6.42 Å². The lowest BCUT2D eigenvalue weighted by Gasteiger charge is -2.28. The fraction of sp³-hybridized carbons (Fsp3) is 0.148. The normalized spacial score (nSPS) is 16.5. The molecule has 5 aromatic rings. The Balaban J connectivity index is 1.61. The van der Waals surface area contributed by atoms with E-state index >= 15 is 0 Å². The van der Waals surface area contributed by atoms with Gasteiger partial charge in [-0.3, -0.25) is 4.98 Å². The van der Waals surface area contributed by atoms with E-state index in [0.717, 1.165) is 5.39 Å². The smallest absolute Gasteiger partial charge is 0.0970 e. The molecule has 1 radical (unpaired) electrons. The van der Waals surface area contributed by atoms with Crippen LogP contribution in [0.5, 0.6) is 0 Å². The lowest BCUT2D eigenvalue weighted by atomic mass is 9.76. The predicted molar refractivity (Wildman–Crippen MR) is 117 cm³/mol. The van der Waals surface area contributed by atoms with Gasteiger partial charge in [0, 0.05) is 17.5 Å². The molecule has 0 spiro atoms. The third-order valence-corrected chi connectivity index (χ3v) is 6.38. The van der Waals surface area contributed by atoms with Crippen LogP contribution in [0.3, 0.4) is 0 Å². The van der Waals surface area contributed by atoms with Gasteiger partial charge < -0.3 is 0 Å². The quantitative estimate of drug-likeness (QED) is 0.300. The number of hydrogen-bond acceptors (Lipinski definition) is 1. The van der Waals surface area contributed by atoms with Crippen LogP contribution in [0.25, 0.3) is 32.3 Å². The van der Waals surface area contributed by atoms with Gasteiger partial charge in [-0.25, -0.2) is 0 Å². The molecule has 0 N–H and O–H groups in total. The molecule has 1 aromatic heterocycles. The summed E-state index contributed by atoms with van der Waals surface area (Å²) in [4.78, 5) is 4.19. The van der Waals surface area contributed by atoms with Gasteiger partial charge in [0.2, 0.25) is 0 Å². The van der Waals surface area contributed by atoms with Crippen molar-refractivity contribution >= 4 is 32.3 Å². The second kappa shape index (κ2) is 6.17. The molecule has 0 saturated heterocycles. The first kappa shape index (κ1) is 15.8. The summed E-state index contributed by atoms with van der Waals surface area (Å²) in [5, 5.41) is 7.88. The maximum Gasteiger partial charge on any atom is 0.0970 e. The number of rotatable bonds is 1. The number of aryl methyl sites for hydroxylation is 1. The second-order valence-electron chi connectivity index (χ2n) is 7.83. The zero-order valence-corrected chi connectivity index (χ0v) is 15.7. The number of nitrogens with zero attached hydrogens (tertiary/aromatic N) is 1. The molecule has 1 aliphatic rings. The second-order valence-corrected chi connectivity index (χ2v) is 7.83. The fourth-order valence-corrected chi connectivity index (χ4v) is 5.12. The van der Waals surface area contributed by atoms with Crippen molar-refractivity contribution in [2.45, 2.75) is 25.2 Å². The van der Waals surface area contributed by atoms with Crippen LogP contribution in [0.15, 0.2) is 79.0 Å². The predicted octanol–water partition coefficient (Wildman–Crippen LogP) is 6.81. The van der Waals surface area contributed by atoms with Gasteiger partial charge in [0.1, 0.15) is 0 Å². The lowest BCUT2D eigenvalue weighted by Crippen LogP contribution is -2.12. The number of hydrogen-bond donors (Lipinski definition) is 0. The summed E-state index contributed by atoms with van der Waals surface area (Å²) in [7, 11) is 0. The van der Waals surface area contributed by atoms with Gasteiger partial charge in [0.05, 0.1) is 6.20 Å². The summed E-state index contributed by atoms with van der Waals surface area (Å²) in [6.07, 6.45) is 8.62. The molecule has 0 amide bonds. The van der Waals surface area contributed by atoms with E-state index in [1.54, 1.807) is 0 Å². The van der Waals surface area contributed by atoms with Crippen LogP contribution >= 0.6 is 0 Å². The minimum atomic E-state index is 0.444. The van der Waals surface area contributed by atoms with Crippen LogP contribution in [0, 0.1) is 6.20 Å². The topological polar surface area (TPSA) is 12.9 Å². The van der Waals surface area contributed by atoms with E-state index in [4.69, 9.17) is 0 Å². The standard InChI is InChI=1S/C27H20N/c1-2-7-20-18(5-1)11-12-26-24-10-4-9-23(27(24)14-13-25(20)26)22-8-3-6-19-17-28-16-15-21(19)22/h1-3,5-8,11-16,23H,4,9-10H2. The van der Waals surface area contributed by atoms with E-state index in [-0.39, 0.29) is 0 Å². The maximum absolute atomic E-state index is 4.19. The molecule has 1 heteroatoms. The van der Waals surface area contributed by atoms with E-state index in [0.29, 0.717) is 5.92 Å². The number of fused-ring (bicyclic) bond motifs is 6. The first-order valence-corrected chi connectivity index (χ1v) is 10.1. The Hall–Kier alpha value is -3.19. The lowest BCUT2D eigenvalue weighted by molar-refractivity contribution is 0.622. The first-order valence-electron chi connectivity index (χ1n) is 10.1. The van der Waals surface area contributed by atoms with Crippen molar-refractivity contribution in [3.05, 3.63) is 102 Å². The van der Waals surface area contributed by atoms with Crippen LogP contribution < -0.4 is 0 Å². The summed E-state index contributed by atoms with van der Waals surface area (Å²) in [5.74, 6) is 0.444. The fourth-order valence-electron chi connectivity index (χ4n) is 5.12. The molecule has 1 atom stereocenters. The van der Waals surface area contributed by atoms with Gasteiger partial charge in [-0.2, -0.15) is 0 Å². The number of benzene rings is 4. The summed E-state index contributed by atoms with van der Waals surface area (Å²) in [5.41, 5.74) is 4.45. The first-order chi connectivity index (χ1) is 13.9. The van der Waals surface area contributed by atoms with Gasteiger partial charge in [0.15, 0.2) is 0 Å². The largest absolute Gasteiger partial charge is 0.254 e. The van der Waals surface area contributed by atoms with Crippen LogP contribution in [0.1, 0.15) is 35.4 Å². The highest BCUT2D eigenvalue weighted by Gasteiger charge is 2.24. The minimum Gasteiger partial charge on any atom is -0.254 e. The third-order valence-electron chi connectivity index (χ3n) is 6.38. The van der Waals surface area contributed by atoms with Crippen LogP contribution in [-0.4, -0.2) is 4.98 Å². The van der Waals surface area contributed by atoms with Gasteiger partial charge in [-0.05, 0) is 69.0 Å². The van der Waals surface area contributed by atoms with Crippen LogP contribution in [0.2, 0.25) is 0 Å². The van der Waals surface area contributed by atoms with Gasteiger partial charge in [0.25, 0.3) is 0 Å². The average molecular weight is 358 g/mol. The molecular weight excluding hydrogens is 338 g/mol. The van der Waals surface area contributed by atoms with Crippen molar-refractivity contribution in [3.63, 3.8) is 0 Å². The van der Waals surface area contributed by atoms with E-state index in [2.05, 4.69) is 84.0 Å². The zero-order valence-electron chi connectivity index (χ0n) is 15.7. The van der Waals surface area contributed by atoms with Crippen molar-refractivity contribution in [2.24, 2.45) is 0 Å². The average Bonchev–Trinajstić information content (AvgIpc) is 2.78. The molecule has 0 aliphatic heterocycles. The van der Waals surface area contributed by atoms with Crippen molar-refractivity contribution in [1.29, 1.82) is 0 Å². The Morgan fingerprint density at radius 2 is 1.64 bits per heavy atom. The SMILES string of the molecule is [c]1nccc2c(C3CCCc4c3ccc3c4ccc4ccccc43)cccc12. The molecule has 133 valence electrons.